The topological polar surface area (TPSA) is 70.4 Å². The second-order valence-electron chi connectivity index (χ2n) is 5.99. The monoisotopic (exact) mass is 361 g/mol. The molecule has 2 N–H and O–H groups in total. The first kappa shape index (κ1) is 16.2. The molecule has 0 aliphatic carbocycles. The van der Waals surface area contributed by atoms with Crippen molar-refractivity contribution in [1.29, 1.82) is 0 Å². The summed E-state index contributed by atoms with van der Waals surface area (Å²) >= 11 is 5.27. The number of aromatic hydroxyl groups is 1. The SMILES string of the molecule is Cc1ccccc1-n1c(O)c(C=C2C=Nc3ccccc32)c(=O)[nH]c1=S. The molecule has 0 spiro atoms. The summed E-state index contributed by atoms with van der Waals surface area (Å²) in [5.41, 5.74) is 3.85. The van der Waals surface area contributed by atoms with Gasteiger partial charge in [-0.25, -0.2) is 0 Å². The largest absolute Gasteiger partial charge is 0.494 e. The summed E-state index contributed by atoms with van der Waals surface area (Å²) in [5, 5.41) is 10.8. The van der Waals surface area contributed by atoms with Crippen molar-refractivity contribution in [3.63, 3.8) is 0 Å². The van der Waals surface area contributed by atoms with Gasteiger partial charge in [0.1, 0.15) is 5.56 Å². The molecule has 2 heterocycles. The van der Waals surface area contributed by atoms with E-state index in [1.807, 2.05) is 55.5 Å². The molecule has 4 rings (SSSR count). The van der Waals surface area contributed by atoms with Gasteiger partial charge in [-0.3, -0.25) is 19.3 Å². The van der Waals surface area contributed by atoms with Crippen molar-refractivity contribution < 1.29 is 5.11 Å². The molecule has 5 nitrogen and oxygen atoms in total. The molecule has 0 radical (unpaired) electrons. The van der Waals surface area contributed by atoms with Crippen LogP contribution in [0.3, 0.4) is 0 Å². The van der Waals surface area contributed by atoms with Crippen LogP contribution < -0.4 is 5.56 Å². The summed E-state index contributed by atoms with van der Waals surface area (Å²) in [6.45, 7) is 1.92. The third kappa shape index (κ3) is 2.60. The van der Waals surface area contributed by atoms with Gasteiger partial charge in [0.05, 0.1) is 11.4 Å². The lowest BCUT2D eigenvalue weighted by molar-refractivity contribution is 0.431. The molecular formula is C20H15N3O2S. The zero-order chi connectivity index (χ0) is 18.3. The van der Waals surface area contributed by atoms with Crippen LogP contribution in [-0.4, -0.2) is 20.9 Å². The summed E-state index contributed by atoms with van der Waals surface area (Å²) in [6, 6.07) is 15.2. The lowest BCUT2D eigenvalue weighted by atomic mass is 10.1. The second kappa shape index (κ2) is 6.24. The van der Waals surface area contributed by atoms with Crippen LogP contribution in [0.1, 0.15) is 16.7 Å². The molecule has 0 fully saturated rings. The molecule has 26 heavy (non-hydrogen) atoms. The maximum Gasteiger partial charge on any atom is 0.262 e. The summed E-state index contributed by atoms with van der Waals surface area (Å²) in [6.07, 6.45) is 3.32. The third-order valence-corrected chi connectivity index (χ3v) is 4.62. The Hall–Kier alpha value is -3.25. The molecule has 2 aromatic carbocycles. The van der Waals surface area contributed by atoms with Gasteiger partial charge < -0.3 is 5.11 Å². The zero-order valence-electron chi connectivity index (χ0n) is 13.9. The van der Waals surface area contributed by atoms with Crippen molar-refractivity contribution in [2.75, 3.05) is 0 Å². The minimum atomic E-state index is -0.442. The van der Waals surface area contributed by atoms with Crippen molar-refractivity contribution >= 4 is 35.8 Å². The Bertz CT molecular complexity index is 1200. The minimum absolute atomic E-state index is 0.139. The van der Waals surface area contributed by atoms with Crippen LogP contribution in [0, 0.1) is 11.7 Å². The highest BCUT2D eigenvalue weighted by Gasteiger charge is 2.17. The molecule has 0 saturated heterocycles. The highest BCUT2D eigenvalue weighted by Crippen LogP contribution is 2.33. The maximum atomic E-state index is 12.4. The fraction of sp³-hybridized carbons (Fsp3) is 0.0500. The molecule has 0 saturated carbocycles. The molecule has 6 heteroatoms. The second-order valence-corrected chi connectivity index (χ2v) is 6.38. The fourth-order valence-corrected chi connectivity index (χ4v) is 3.29. The number of aryl methyl sites for hydroxylation is 1. The molecule has 1 aromatic heterocycles. The van der Waals surface area contributed by atoms with E-state index < -0.39 is 5.56 Å². The van der Waals surface area contributed by atoms with E-state index >= 15 is 0 Å². The predicted octanol–water partition coefficient (Wildman–Crippen LogP) is 4.17. The van der Waals surface area contributed by atoms with E-state index in [0.29, 0.717) is 5.69 Å². The van der Waals surface area contributed by atoms with Gasteiger partial charge in [0, 0.05) is 17.4 Å². The number of hydrogen-bond acceptors (Lipinski definition) is 4. The molecule has 1 aliphatic rings. The van der Waals surface area contributed by atoms with Gasteiger partial charge in [-0.15, -0.1) is 0 Å². The molecule has 0 bridgehead atoms. The summed E-state index contributed by atoms with van der Waals surface area (Å²) < 4.78 is 1.61. The lowest BCUT2D eigenvalue weighted by Gasteiger charge is -2.13. The van der Waals surface area contributed by atoms with Crippen molar-refractivity contribution in [3.8, 4) is 11.6 Å². The number of fused-ring (bicyclic) bond motifs is 1. The third-order valence-electron chi connectivity index (χ3n) is 4.33. The quantitative estimate of drug-likeness (QED) is 0.673. The molecule has 1 aliphatic heterocycles. The molecule has 0 unspecified atom stereocenters. The van der Waals surface area contributed by atoms with Crippen molar-refractivity contribution in [1.82, 2.24) is 9.55 Å². The average Bonchev–Trinajstić information content (AvgIpc) is 3.03. The lowest BCUT2D eigenvalue weighted by Crippen LogP contribution is -2.16. The van der Waals surface area contributed by atoms with E-state index in [4.69, 9.17) is 12.2 Å². The van der Waals surface area contributed by atoms with Gasteiger partial charge in [0.2, 0.25) is 5.88 Å². The van der Waals surface area contributed by atoms with Gasteiger partial charge in [-0.05, 0) is 42.9 Å². The van der Waals surface area contributed by atoms with Crippen LogP contribution in [0.5, 0.6) is 5.88 Å². The number of H-pyrrole nitrogens is 1. The number of allylic oxidation sites excluding steroid dienone is 1. The first-order chi connectivity index (χ1) is 12.6. The maximum absolute atomic E-state index is 12.4. The van der Waals surface area contributed by atoms with Crippen LogP contribution >= 0.6 is 12.2 Å². The van der Waals surface area contributed by atoms with Gasteiger partial charge in [-0.2, -0.15) is 0 Å². The Labute approximate surface area is 154 Å². The number of aromatic amines is 1. The molecule has 0 atom stereocenters. The zero-order valence-corrected chi connectivity index (χ0v) is 14.7. The number of nitrogens with one attached hydrogen (secondary N) is 1. The highest BCUT2D eigenvalue weighted by atomic mass is 32.1. The summed E-state index contributed by atoms with van der Waals surface area (Å²) in [7, 11) is 0. The van der Waals surface area contributed by atoms with Crippen LogP contribution in [0.15, 0.2) is 58.3 Å². The Balaban J connectivity index is 1.95. The molecule has 128 valence electrons. The smallest absolute Gasteiger partial charge is 0.262 e. The molecular weight excluding hydrogens is 346 g/mol. The number of aromatic nitrogens is 2. The van der Waals surface area contributed by atoms with Crippen LogP contribution in [-0.2, 0) is 0 Å². The number of rotatable bonds is 2. The standard InChI is InChI=1S/C20H15N3O2S/c1-12-6-2-5-9-17(12)23-19(25)15(18(24)22-20(23)26)10-13-11-21-16-8-4-3-7-14(13)16/h2-11,25H,1H3,(H,22,24,26). The highest BCUT2D eigenvalue weighted by molar-refractivity contribution is 7.71. The number of hydrogen-bond donors (Lipinski definition) is 2. The first-order valence-electron chi connectivity index (χ1n) is 8.06. The van der Waals surface area contributed by atoms with Gasteiger partial charge in [0.15, 0.2) is 4.77 Å². The molecule has 0 amide bonds. The number of benzene rings is 2. The normalized spacial score (nSPS) is 14.0. The number of aliphatic imine (C=N–C) groups is 1. The predicted molar refractivity (Wildman–Crippen MR) is 106 cm³/mol. The first-order valence-corrected chi connectivity index (χ1v) is 8.46. The van der Waals surface area contributed by atoms with E-state index in [1.54, 1.807) is 12.3 Å². The van der Waals surface area contributed by atoms with E-state index in [9.17, 15) is 9.90 Å². The average molecular weight is 361 g/mol. The summed E-state index contributed by atoms with van der Waals surface area (Å²) in [5.74, 6) is -0.196. The Morgan fingerprint density at radius 3 is 2.69 bits per heavy atom. The van der Waals surface area contributed by atoms with E-state index in [-0.39, 0.29) is 16.2 Å². The van der Waals surface area contributed by atoms with Crippen LogP contribution in [0.4, 0.5) is 5.69 Å². The van der Waals surface area contributed by atoms with Crippen LogP contribution in [0.2, 0.25) is 0 Å². The van der Waals surface area contributed by atoms with Crippen molar-refractivity contribution in [2.24, 2.45) is 4.99 Å². The van der Waals surface area contributed by atoms with E-state index in [2.05, 4.69) is 9.98 Å². The molecule has 3 aromatic rings. The fourth-order valence-electron chi connectivity index (χ4n) is 3.02. The summed E-state index contributed by atoms with van der Waals surface area (Å²) in [4.78, 5) is 19.4. The Kier molecular flexibility index (Phi) is 3.89. The van der Waals surface area contributed by atoms with Gasteiger partial charge >= 0.3 is 0 Å². The Morgan fingerprint density at radius 2 is 1.88 bits per heavy atom. The van der Waals surface area contributed by atoms with Crippen molar-refractivity contribution in [2.45, 2.75) is 6.92 Å². The van der Waals surface area contributed by atoms with Gasteiger partial charge in [-0.1, -0.05) is 36.4 Å². The Morgan fingerprint density at radius 1 is 1.15 bits per heavy atom. The number of nitrogens with zero attached hydrogens (tertiary/aromatic N) is 2. The van der Waals surface area contributed by atoms with E-state index in [0.717, 1.165) is 22.4 Å². The minimum Gasteiger partial charge on any atom is -0.494 e. The van der Waals surface area contributed by atoms with Crippen molar-refractivity contribution in [3.05, 3.63) is 80.3 Å². The number of para-hydroxylation sites is 2. The van der Waals surface area contributed by atoms with Crippen LogP contribution in [0.25, 0.3) is 17.3 Å². The van der Waals surface area contributed by atoms with E-state index in [1.165, 1.54) is 4.57 Å². The van der Waals surface area contributed by atoms with Gasteiger partial charge in [0.25, 0.3) is 5.56 Å².